The molecule has 0 unspecified atom stereocenters. The lowest BCUT2D eigenvalue weighted by Crippen LogP contribution is -2.30. The molecular weight excluding hydrogens is 409 g/mol. The Labute approximate surface area is 166 Å². The van der Waals surface area contributed by atoms with Gasteiger partial charge in [-0.25, -0.2) is 4.98 Å². The molecule has 0 aliphatic heterocycles. The fourth-order valence-corrected chi connectivity index (χ4v) is 2.98. The van der Waals surface area contributed by atoms with Crippen LogP contribution in [0.5, 0.6) is 0 Å². The maximum absolute atomic E-state index is 12.6. The molecule has 0 aliphatic rings. The van der Waals surface area contributed by atoms with E-state index in [4.69, 9.17) is 4.52 Å². The van der Waals surface area contributed by atoms with E-state index in [1.807, 2.05) is 17.5 Å². The van der Waals surface area contributed by atoms with Crippen molar-refractivity contribution in [2.24, 2.45) is 0 Å². The summed E-state index contributed by atoms with van der Waals surface area (Å²) in [6.45, 7) is 0.382. The van der Waals surface area contributed by atoms with Crippen LogP contribution in [0.1, 0.15) is 33.1 Å². The molecule has 152 valence electrons. The van der Waals surface area contributed by atoms with Crippen LogP contribution in [-0.4, -0.2) is 35.0 Å². The fraction of sp³-hybridized carbons (Fsp3) is 0.222. The van der Waals surface area contributed by atoms with Crippen LogP contribution in [0.2, 0.25) is 0 Å². The smallest absolute Gasteiger partial charge is 0.355 e. The molecule has 3 aromatic heterocycles. The Morgan fingerprint density at radius 3 is 2.41 bits per heavy atom. The molecule has 2 N–H and O–H groups in total. The minimum atomic E-state index is -4.62. The molecule has 0 fully saturated rings. The number of aromatic nitrogens is 2. The first-order valence-electron chi connectivity index (χ1n) is 8.46. The van der Waals surface area contributed by atoms with Gasteiger partial charge in [0.05, 0.1) is 4.88 Å². The van der Waals surface area contributed by atoms with Gasteiger partial charge in [0.1, 0.15) is 11.4 Å². The molecule has 0 spiro atoms. The lowest BCUT2D eigenvalue weighted by Gasteiger charge is -2.08. The van der Waals surface area contributed by atoms with Gasteiger partial charge in [-0.2, -0.15) is 13.2 Å². The van der Waals surface area contributed by atoms with Crippen LogP contribution in [0, 0.1) is 0 Å². The highest BCUT2D eigenvalue weighted by atomic mass is 32.1. The number of alkyl halides is 3. The lowest BCUT2D eigenvalue weighted by atomic mass is 10.2. The molecule has 0 saturated carbocycles. The Morgan fingerprint density at radius 1 is 1.03 bits per heavy atom. The molecule has 11 heteroatoms. The number of hydrogen-bond donors (Lipinski definition) is 2. The van der Waals surface area contributed by atoms with Crippen LogP contribution in [0.3, 0.4) is 0 Å². The average molecular weight is 424 g/mol. The van der Waals surface area contributed by atoms with Crippen molar-refractivity contribution in [2.45, 2.75) is 12.6 Å². The predicted molar refractivity (Wildman–Crippen MR) is 98.3 cm³/mol. The van der Waals surface area contributed by atoms with Gasteiger partial charge >= 0.3 is 6.18 Å². The molecular formula is C18H15F3N4O3S. The largest absolute Gasteiger partial charge is 0.433 e. The minimum absolute atomic E-state index is 0.130. The molecule has 29 heavy (non-hydrogen) atoms. The van der Waals surface area contributed by atoms with Crippen molar-refractivity contribution in [3.63, 3.8) is 0 Å². The van der Waals surface area contributed by atoms with E-state index in [-0.39, 0.29) is 24.5 Å². The molecule has 0 aliphatic carbocycles. The zero-order valence-electron chi connectivity index (χ0n) is 14.8. The van der Waals surface area contributed by atoms with Crippen molar-refractivity contribution in [3.8, 4) is 10.6 Å². The second-order valence-electron chi connectivity index (χ2n) is 5.82. The van der Waals surface area contributed by atoms with E-state index in [9.17, 15) is 22.8 Å². The van der Waals surface area contributed by atoms with Crippen LogP contribution in [0.25, 0.3) is 10.6 Å². The van der Waals surface area contributed by atoms with Crippen LogP contribution in [-0.2, 0) is 6.18 Å². The molecule has 3 aromatic rings. The summed E-state index contributed by atoms with van der Waals surface area (Å²) in [4.78, 5) is 28.1. The van der Waals surface area contributed by atoms with Gasteiger partial charge in [-0.1, -0.05) is 17.3 Å². The Balaban J connectivity index is 1.42. The maximum atomic E-state index is 12.6. The summed E-state index contributed by atoms with van der Waals surface area (Å²) in [6.07, 6.45) is -4.25. The van der Waals surface area contributed by atoms with E-state index >= 15 is 0 Å². The highest BCUT2D eigenvalue weighted by molar-refractivity contribution is 7.13. The minimum Gasteiger partial charge on any atom is -0.355 e. The van der Waals surface area contributed by atoms with Gasteiger partial charge in [0.2, 0.25) is 0 Å². The van der Waals surface area contributed by atoms with Gasteiger partial charge in [0, 0.05) is 19.2 Å². The number of amides is 2. The molecule has 0 saturated heterocycles. The third kappa shape index (κ3) is 5.41. The van der Waals surface area contributed by atoms with Gasteiger partial charge < -0.3 is 15.2 Å². The molecule has 3 rings (SSSR count). The van der Waals surface area contributed by atoms with Crippen LogP contribution in [0.15, 0.2) is 46.3 Å². The monoisotopic (exact) mass is 424 g/mol. The Morgan fingerprint density at radius 2 is 1.76 bits per heavy atom. The van der Waals surface area contributed by atoms with Gasteiger partial charge in [-0.3, -0.25) is 9.59 Å². The third-order valence-corrected chi connectivity index (χ3v) is 4.59. The van der Waals surface area contributed by atoms with E-state index in [0.29, 0.717) is 12.2 Å². The Hall–Kier alpha value is -3.21. The first-order valence-corrected chi connectivity index (χ1v) is 9.34. The number of pyridine rings is 1. The zero-order chi connectivity index (χ0) is 20.9. The summed E-state index contributed by atoms with van der Waals surface area (Å²) in [5.74, 6) is -0.659. The second-order valence-corrected chi connectivity index (χ2v) is 6.77. The number of halogens is 3. The van der Waals surface area contributed by atoms with Crippen LogP contribution in [0.4, 0.5) is 13.2 Å². The third-order valence-electron chi connectivity index (χ3n) is 3.70. The van der Waals surface area contributed by atoms with Crippen molar-refractivity contribution in [2.75, 3.05) is 13.1 Å². The van der Waals surface area contributed by atoms with Crippen molar-refractivity contribution < 1.29 is 27.3 Å². The van der Waals surface area contributed by atoms with Crippen LogP contribution >= 0.6 is 11.3 Å². The fourth-order valence-electron chi connectivity index (χ4n) is 2.31. The number of rotatable bonds is 7. The molecule has 7 nitrogen and oxygen atoms in total. The predicted octanol–water partition coefficient (Wildman–Crippen LogP) is 3.37. The molecule has 0 aromatic carbocycles. The van der Waals surface area contributed by atoms with Crippen molar-refractivity contribution >= 4 is 23.2 Å². The van der Waals surface area contributed by atoms with Crippen molar-refractivity contribution in [1.82, 2.24) is 20.8 Å². The Kier molecular flexibility index (Phi) is 6.27. The topological polar surface area (TPSA) is 97.1 Å². The summed E-state index contributed by atoms with van der Waals surface area (Å²) < 4.78 is 43.0. The van der Waals surface area contributed by atoms with Gasteiger partial charge in [0.15, 0.2) is 11.5 Å². The summed E-state index contributed by atoms with van der Waals surface area (Å²) in [5.41, 5.74) is -1.33. The van der Waals surface area contributed by atoms with E-state index in [1.54, 1.807) is 0 Å². The maximum Gasteiger partial charge on any atom is 0.433 e. The van der Waals surface area contributed by atoms with Gasteiger partial charge in [0.25, 0.3) is 11.8 Å². The van der Waals surface area contributed by atoms with Crippen molar-refractivity contribution in [3.05, 3.63) is 58.9 Å². The first kappa shape index (κ1) is 20.5. The highest BCUT2D eigenvalue weighted by Crippen LogP contribution is 2.27. The Bertz CT molecular complexity index is 986. The number of hydrogen-bond acceptors (Lipinski definition) is 6. The van der Waals surface area contributed by atoms with Crippen LogP contribution < -0.4 is 10.6 Å². The zero-order valence-corrected chi connectivity index (χ0v) is 15.6. The number of thiophene rings is 1. The number of carbonyl (C=O) groups is 2. The standard InChI is InChI=1S/C18H15F3N4O3S/c19-18(20,21)15-6-1-4-11(24-15)16(26)22-7-3-8-23-17(27)12-10-13(28-25-12)14-5-2-9-29-14/h1-2,4-6,9-10H,3,7-8H2,(H,22,26)(H,23,27). The summed E-state index contributed by atoms with van der Waals surface area (Å²) >= 11 is 1.46. The molecule has 3 heterocycles. The first-order chi connectivity index (χ1) is 13.8. The van der Waals surface area contributed by atoms with E-state index in [2.05, 4.69) is 20.8 Å². The molecule has 0 atom stereocenters. The normalized spacial score (nSPS) is 11.3. The van der Waals surface area contributed by atoms with E-state index in [1.165, 1.54) is 23.5 Å². The molecule has 0 radical (unpaired) electrons. The number of nitrogens with one attached hydrogen (secondary N) is 2. The molecule has 0 bridgehead atoms. The SMILES string of the molecule is O=C(NCCCNC(=O)c1cccc(C(F)(F)F)n1)c1cc(-c2cccs2)on1. The lowest BCUT2D eigenvalue weighted by molar-refractivity contribution is -0.141. The van der Waals surface area contributed by atoms with Gasteiger partial charge in [-0.15, -0.1) is 11.3 Å². The second kappa shape index (κ2) is 8.86. The average Bonchev–Trinajstić information content (AvgIpc) is 3.38. The van der Waals surface area contributed by atoms with E-state index < -0.39 is 23.7 Å². The summed E-state index contributed by atoms with van der Waals surface area (Å²) in [5, 5.41) is 10.7. The highest BCUT2D eigenvalue weighted by Gasteiger charge is 2.32. The quantitative estimate of drug-likeness (QED) is 0.567. The number of nitrogens with zero attached hydrogens (tertiary/aromatic N) is 2. The summed E-state index contributed by atoms with van der Waals surface area (Å²) in [6, 6.07) is 8.33. The van der Waals surface area contributed by atoms with Crippen molar-refractivity contribution in [1.29, 1.82) is 0 Å². The number of carbonyl (C=O) groups excluding carboxylic acids is 2. The molecule has 2 amide bonds. The summed E-state index contributed by atoms with van der Waals surface area (Å²) in [7, 11) is 0. The van der Waals surface area contributed by atoms with E-state index in [0.717, 1.165) is 17.0 Å². The van der Waals surface area contributed by atoms with Gasteiger partial charge in [-0.05, 0) is 30.0 Å².